The fraction of sp³-hybridized carbons (Fsp3) is 0.435. The number of likely N-dealkylation sites (tertiary alicyclic amines) is 1. The summed E-state index contributed by atoms with van der Waals surface area (Å²) in [4.78, 5) is 15.3. The number of nitrogens with one attached hydrogen (secondary N) is 1. The molecule has 156 valence electrons. The second kappa shape index (κ2) is 9.99. The van der Waals surface area contributed by atoms with E-state index >= 15 is 0 Å². The summed E-state index contributed by atoms with van der Waals surface area (Å²) in [7, 11) is 3.26. The zero-order chi connectivity index (χ0) is 20.8. The molecule has 1 aliphatic heterocycles. The molecule has 2 aromatic rings. The maximum absolute atomic E-state index is 13.0. The van der Waals surface area contributed by atoms with Crippen LogP contribution < -0.4 is 14.8 Å². The molecule has 1 heterocycles. The molecular weight excluding hydrogens is 388 g/mol. The van der Waals surface area contributed by atoms with Crippen LogP contribution in [0.3, 0.4) is 0 Å². The van der Waals surface area contributed by atoms with E-state index in [1.807, 2.05) is 49.4 Å². The summed E-state index contributed by atoms with van der Waals surface area (Å²) in [6, 6.07) is 13.3. The van der Waals surface area contributed by atoms with Crippen molar-refractivity contribution in [1.82, 2.24) is 10.2 Å². The van der Waals surface area contributed by atoms with Gasteiger partial charge in [0.15, 0.2) is 0 Å². The van der Waals surface area contributed by atoms with E-state index in [1.54, 1.807) is 14.2 Å². The molecule has 29 heavy (non-hydrogen) atoms. The molecular formula is C23H29ClN2O3. The van der Waals surface area contributed by atoms with Crippen LogP contribution in [0.25, 0.3) is 0 Å². The lowest BCUT2D eigenvalue weighted by atomic mass is 9.95. The van der Waals surface area contributed by atoms with E-state index in [9.17, 15) is 4.79 Å². The quantitative estimate of drug-likeness (QED) is 0.724. The van der Waals surface area contributed by atoms with Crippen LogP contribution in [-0.2, 0) is 11.3 Å². The lowest BCUT2D eigenvalue weighted by Crippen LogP contribution is -2.43. The Morgan fingerprint density at radius 2 is 2.03 bits per heavy atom. The number of piperidine rings is 1. The largest absolute Gasteiger partial charge is 0.497 e. The van der Waals surface area contributed by atoms with Gasteiger partial charge in [-0.3, -0.25) is 9.69 Å². The van der Waals surface area contributed by atoms with Crippen LogP contribution in [0.2, 0.25) is 5.02 Å². The molecule has 3 rings (SSSR count). The summed E-state index contributed by atoms with van der Waals surface area (Å²) in [6.45, 7) is 4.45. The van der Waals surface area contributed by atoms with Crippen molar-refractivity contribution in [3.05, 3.63) is 58.6 Å². The van der Waals surface area contributed by atoms with E-state index < -0.39 is 0 Å². The van der Waals surface area contributed by atoms with Gasteiger partial charge in [0.1, 0.15) is 11.5 Å². The van der Waals surface area contributed by atoms with Gasteiger partial charge in [-0.05, 0) is 56.1 Å². The number of nitrogens with zero attached hydrogens (tertiary/aromatic N) is 1. The molecule has 0 aromatic heterocycles. The first-order valence-corrected chi connectivity index (χ1v) is 10.4. The molecule has 2 atom stereocenters. The van der Waals surface area contributed by atoms with Gasteiger partial charge in [-0.15, -0.1) is 0 Å². The molecule has 0 spiro atoms. The predicted octanol–water partition coefficient (Wildman–Crippen LogP) is 4.45. The van der Waals surface area contributed by atoms with E-state index in [0.29, 0.717) is 0 Å². The molecule has 0 bridgehead atoms. The minimum atomic E-state index is -0.175. The number of carbonyl (C=O) groups excluding carboxylic acids is 1. The van der Waals surface area contributed by atoms with Gasteiger partial charge in [0, 0.05) is 23.7 Å². The molecule has 0 saturated carbocycles. The number of methoxy groups -OCH3 is 2. The Bertz CT molecular complexity index is 843. The highest BCUT2D eigenvalue weighted by atomic mass is 35.5. The molecule has 1 saturated heterocycles. The normalized spacial score (nSPS) is 18.1. The Labute approximate surface area is 177 Å². The van der Waals surface area contributed by atoms with Crippen LogP contribution in [0.1, 0.15) is 36.9 Å². The van der Waals surface area contributed by atoms with Crippen LogP contribution in [0.15, 0.2) is 42.5 Å². The van der Waals surface area contributed by atoms with Crippen LogP contribution in [0.5, 0.6) is 11.5 Å². The first kappa shape index (κ1) is 21.5. The maximum Gasteiger partial charge on any atom is 0.224 e. The lowest BCUT2D eigenvalue weighted by Gasteiger charge is -2.33. The van der Waals surface area contributed by atoms with E-state index in [1.165, 1.54) is 0 Å². The van der Waals surface area contributed by atoms with Gasteiger partial charge in [0.05, 0.1) is 26.2 Å². The highest BCUT2D eigenvalue weighted by Gasteiger charge is 2.27. The standard InChI is InChI=1S/C23H29ClN2O3/c1-16(20-13-19(28-2)10-11-22(20)29-3)25-23(27)18-8-6-12-26(15-18)14-17-7-4-5-9-21(17)24/h4-5,7,9-11,13,16,18H,6,8,12,14-15H2,1-3H3,(H,25,27)/t16-,18-/m1/s1. The second-order valence-electron chi connectivity index (χ2n) is 7.50. The van der Waals surface area contributed by atoms with E-state index in [-0.39, 0.29) is 17.9 Å². The molecule has 1 aliphatic rings. The highest BCUT2D eigenvalue weighted by Crippen LogP contribution is 2.30. The number of rotatable bonds is 7. The van der Waals surface area contributed by atoms with Crippen molar-refractivity contribution in [2.45, 2.75) is 32.4 Å². The number of benzene rings is 2. The van der Waals surface area contributed by atoms with E-state index in [2.05, 4.69) is 10.2 Å². The van der Waals surface area contributed by atoms with E-state index in [0.717, 1.165) is 60.1 Å². The van der Waals surface area contributed by atoms with Crippen molar-refractivity contribution in [3.8, 4) is 11.5 Å². The summed E-state index contributed by atoms with van der Waals surface area (Å²) in [5.74, 6) is 1.52. The summed E-state index contributed by atoms with van der Waals surface area (Å²) >= 11 is 6.30. The smallest absolute Gasteiger partial charge is 0.224 e. The summed E-state index contributed by atoms with van der Waals surface area (Å²) in [6.07, 6.45) is 1.90. The predicted molar refractivity (Wildman–Crippen MR) is 116 cm³/mol. The molecule has 6 heteroatoms. The Morgan fingerprint density at radius 1 is 1.24 bits per heavy atom. The van der Waals surface area contributed by atoms with E-state index in [4.69, 9.17) is 21.1 Å². The maximum atomic E-state index is 13.0. The summed E-state index contributed by atoms with van der Waals surface area (Å²) in [5.41, 5.74) is 2.01. The van der Waals surface area contributed by atoms with Gasteiger partial charge < -0.3 is 14.8 Å². The molecule has 1 fully saturated rings. The van der Waals surface area contributed by atoms with Gasteiger partial charge in [-0.1, -0.05) is 29.8 Å². The lowest BCUT2D eigenvalue weighted by molar-refractivity contribution is -0.127. The van der Waals surface area contributed by atoms with Crippen LogP contribution in [0.4, 0.5) is 0 Å². The SMILES string of the molecule is COc1ccc(OC)c([C@@H](C)NC(=O)[C@@H]2CCCN(Cc3ccccc3Cl)C2)c1. The second-order valence-corrected chi connectivity index (χ2v) is 7.91. The third kappa shape index (κ3) is 5.43. The molecule has 2 aromatic carbocycles. The summed E-state index contributed by atoms with van der Waals surface area (Å²) < 4.78 is 10.8. The van der Waals surface area contributed by atoms with Crippen LogP contribution >= 0.6 is 11.6 Å². The Morgan fingerprint density at radius 3 is 2.76 bits per heavy atom. The first-order chi connectivity index (χ1) is 14.0. The molecule has 0 unspecified atom stereocenters. The van der Waals surface area contributed by atoms with Crippen molar-refractivity contribution in [2.24, 2.45) is 5.92 Å². The van der Waals surface area contributed by atoms with Gasteiger partial charge in [-0.25, -0.2) is 0 Å². The first-order valence-electron chi connectivity index (χ1n) is 10.00. The molecule has 5 nitrogen and oxygen atoms in total. The third-order valence-corrected chi connectivity index (χ3v) is 5.86. The Kier molecular flexibility index (Phi) is 7.40. The summed E-state index contributed by atoms with van der Waals surface area (Å²) in [5, 5.41) is 3.94. The van der Waals surface area contributed by atoms with Gasteiger partial charge in [0.2, 0.25) is 5.91 Å². The molecule has 0 radical (unpaired) electrons. The third-order valence-electron chi connectivity index (χ3n) is 5.49. The topological polar surface area (TPSA) is 50.8 Å². The van der Waals surface area contributed by atoms with Crippen LogP contribution in [0, 0.1) is 5.92 Å². The Balaban J connectivity index is 1.63. The Hall–Kier alpha value is -2.24. The fourth-order valence-corrected chi connectivity index (χ4v) is 4.06. The molecule has 1 N–H and O–H groups in total. The number of hydrogen-bond acceptors (Lipinski definition) is 4. The van der Waals surface area contributed by atoms with Crippen molar-refractivity contribution < 1.29 is 14.3 Å². The van der Waals surface area contributed by atoms with Gasteiger partial charge >= 0.3 is 0 Å². The van der Waals surface area contributed by atoms with Gasteiger partial charge in [-0.2, -0.15) is 0 Å². The number of amides is 1. The average Bonchev–Trinajstić information content (AvgIpc) is 2.75. The average molecular weight is 417 g/mol. The highest BCUT2D eigenvalue weighted by molar-refractivity contribution is 6.31. The zero-order valence-corrected chi connectivity index (χ0v) is 18.0. The number of ether oxygens (including phenoxy) is 2. The molecule has 0 aliphatic carbocycles. The van der Waals surface area contributed by atoms with Crippen molar-refractivity contribution in [3.63, 3.8) is 0 Å². The number of halogens is 1. The zero-order valence-electron chi connectivity index (χ0n) is 17.3. The number of hydrogen-bond donors (Lipinski definition) is 1. The monoisotopic (exact) mass is 416 g/mol. The molecule has 1 amide bonds. The van der Waals surface area contributed by atoms with Crippen molar-refractivity contribution >= 4 is 17.5 Å². The van der Waals surface area contributed by atoms with Crippen molar-refractivity contribution in [1.29, 1.82) is 0 Å². The minimum Gasteiger partial charge on any atom is -0.497 e. The minimum absolute atomic E-state index is 0.0368. The van der Waals surface area contributed by atoms with Crippen molar-refractivity contribution in [2.75, 3.05) is 27.3 Å². The fourth-order valence-electron chi connectivity index (χ4n) is 3.87. The number of carbonyl (C=O) groups is 1. The van der Waals surface area contributed by atoms with Crippen LogP contribution in [-0.4, -0.2) is 38.1 Å². The van der Waals surface area contributed by atoms with Gasteiger partial charge in [0.25, 0.3) is 0 Å².